The monoisotopic (exact) mass is 388 g/mol. The van der Waals surface area contributed by atoms with Crippen LogP contribution >= 0.6 is 0 Å². The van der Waals surface area contributed by atoms with Gasteiger partial charge in [0.25, 0.3) is 0 Å². The number of rotatable bonds is 3. The zero-order valence-corrected chi connectivity index (χ0v) is 16.9. The highest BCUT2D eigenvalue weighted by Gasteiger charge is 2.24. The minimum atomic E-state index is -0.317. The van der Waals surface area contributed by atoms with E-state index in [2.05, 4.69) is 34.9 Å². The lowest BCUT2D eigenvalue weighted by molar-refractivity contribution is 0.315. The molecule has 0 amide bonds. The van der Waals surface area contributed by atoms with Crippen LogP contribution in [0.1, 0.15) is 12.1 Å². The highest BCUT2D eigenvalue weighted by molar-refractivity contribution is 5.85. The van der Waals surface area contributed by atoms with Crippen LogP contribution in [0.15, 0.2) is 58.1 Å². The Morgan fingerprint density at radius 2 is 2.03 bits per heavy atom. The third kappa shape index (κ3) is 3.19. The number of aromatic nitrogens is 2. The molecule has 0 N–H and O–H groups in total. The van der Waals surface area contributed by atoms with E-state index in [1.54, 1.807) is 0 Å². The Bertz CT molecular complexity index is 1270. The topological polar surface area (TPSA) is 54.0 Å². The normalized spacial score (nSPS) is 17.1. The Morgan fingerprint density at radius 1 is 1.17 bits per heavy atom. The van der Waals surface area contributed by atoms with Crippen molar-refractivity contribution < 1.29 is 4.42 Å². The van der Waals surface area contributed by atoms with Gasteiger partial charge in [0.1, 0.15) is 5.58 Å². The van der Waals surface area contributed by atoms with E-state index >= 15 is 0 Å². The molecule has 3 aromatic heterocycles. The molecule has 1 fully saturated rings. The van der Waals surface area contributed by atoms with Crippen molar-refractivity contribution in [1.82, 2.24) is 14.3 Å². The first-order valence-corrected chi connectivity index (χ1v) is 9.92. The van der Waals surface area contributed by atoms with Crippen molar-refractivity contribution in [2.24, 2.45) is 0 Å². The molecular weight excluding hydrogens is 364 g/mol. The molecule has 6 nitrogen and oxygen atoms in total. The van der Waals surface area contributed by atoms with E-state index in [9.17, 15) is 4.79 Å². The lowest BCUT2D eigenvalue weighted by atomic mass is 10.1. The van der Waals surface area contributed by atoms with Crippen molar-refractivity contribution in [3.63, 3.8) is 0 Å². The molecule has 0 aliphatic carbocycles. The molecule has 0 saturated carbocycles. The van der Waals surface area contributed by atoms with Gasteiger partial charge in [0.15, 0.2) is 0 Å². The maximum Gasteiger partial charge on any atom is 0.344 e. The fraction of sp³-hybridized carbons (Fsp3) is 0.304. The average Bonchev–Trinajstić information content (AvgIpc) is 3.34. The molecule has 29 heavy (non-hydrogen) atoms. The summed E-state index contributed by atoms with van der Waals surface area (Å²) in [6.45, 7) is 3.95. The van der Waals surface area contributed by atoms with Crippen molar-refractivity contribution in [2.75, 3.05) is 32.1 Å². The third-order valence-corrected chi connectivity index (χ3v) is 5.90. The molecule has 4 heterocycles. The zero-order chi connectivity index (χ0) is 20.1. The van der Waals surface area contributed by atoms with Gasteiger partial charge in [0.2, 0.25) is 0 Å². The summed E-state index contributed by atoms with van der Waals surface area (Å²) in [6.07, 6.45) is 6.85. The van der Waals surface area contributed by atoms with Gasteiger partial charge in [-0.05, 0) is 51.7 Å². The Kier molecular flexibility index (Phi) is 4.17. The highest BCUT2D eigenvalue weighted by atomic mass is 16.4. The summed E-state index contributed by atoms with van der Waals surface area (Å²) < 4.78 is 7.71. The maximum absolute atomic E-state index is 12.7. The van der Waals surface area contributed by atoms with Gasteiger partial charge in [-0.25, -0.2) is 4.79 Å². The van der Waals surface area contributed by atoms with Crippen molar-refractivity contribution in [3.8, 4) is 11.1 Å². The molecule has 6 heteroatoms. The van der Waals surface area contributed by atoms with Gasteiger partial charge in [-0.2, -0.15) is 0 Å². The largest absolute Gasteiger partial charge is 0.422 e. The van der Waals surface area contributed by atoms with Gasteiger partial charge in [-0.15, -0.1) is 0 Å². The van der Waals surface area contributed by atoms with Crippen molar-refractivity contribution in [1.29, 1.82) is 0 Å². The van der Waals surface area contributed by atoms with E-state index in [0.717, 1.165) is 47.4 Å². The molecule has 1 aromatic carbocycles. The van der Waals surface area contributed by atoms with E-state index < -0.39 is 0 Å². The van der Waals surface area contributed by atoms with Gasteiger partial charge >= 0.3 is 5.63 Å². The van der Waals surface area contributed by atoms with Gasteiger partial charge in [0.05, 0.1) is 23.0 Å². The molecule has 5 rings (SSSR count). The van der Waals surface area contributed by atoms with Gasteiger partial charge < -0.3 is 18.6 Å². The van der Waals surface area contributed by atoms with E-state index in [-0.39, 0.29) is 5.63 Å². The quantitative estimate of drug-likeness (QED) is 0.503. The van der Waals surface area contributed by atoms with Crippen LogP contribution in [0.4, 0.5) is 5.69 Å². The molecule has 0 spiro atoms. The van der Waals surface area contributed by atoms with Crippen molar-refractivity contribution in [3.05, 3.63) is 65.0 Å². The Balaban J connectivity index is 1.52. The Hall–Kier alpha value is -3.12. The number of nitrogens with zero attached hydrogens (tertiary/aromatic N) is 4. The van der Waals surface area contributed by atoms with Crippen LogP contribution in [0, 0.1) is 6.92 Å². The predicted octanol–water partition coefficient (Wildman–Crippen LogP) is 3.56. The molecule has 0 unspecified atom stereocenters. The van der Waals surface area contributed by atoms with Crippen LogP contribution in [0.3, 0.4) is 0 Å². The summed E-state index contributed by atoms with van der Waals surface area (Å²) in [4.78, 5) is 21.7. The second-order valence-electron chi connectivity index (χ2n) is 8.11. The number of likely N-dealkylation sites (N-methyl/N-ethyl adjacent to an activating group) is 1. The van der Waals surface area contributed by atoms with Crippen LogP contribution in [0.5, 0.6) is 0 Å². The molecule has 148 valence electrons. The third-order valence-electron chi connectivity index (χ3n) is 5.90. The Morgan fingerprint density at radius 3 is 2.83 bits per heavy atom. The second-order valence-corrected chi connectivity index (χ2v) is 8.11. The number of hydrogen-bond donors (Lipinski definition) is 0. The molecule has 1 aliphatic heterocycles. The van der Waals surface area contributed by atoms with Gasteiger partial charge in [-0.1, -0.05) is 0 Å². The highest BCUT2D eigenvalue weighted by Crippen LogP contribution is 2.28. The summed E-state index contributed by atoms with van der Waals surface area (Å²) in [5, 5.41) is 0.927. The number of aryl methyl sites for hydroxylation is 1. The van der Waals surface area contributed by atoms with Gasteiger partial charge in [-0.3, -0.25) is 4.98 Å². The standard InChI is InChI=1S/C23H24N4O2/c1-15-12-27-13-17(8-20(27)11-24-15)21-9-16-4-5-18(10-22(16)29-23(21)28)26-7-6-19(14-26)25(2)3/h4-5,8-13,19H,6-7,14H2,1-3H3/t19-/m0/s1. The predicted molar refractivity (Wildman–Crippen MR) is 116 cm³/mol. The summed E-state index contributed by atoms with van der Waals surface area (Å²) in [5.41, 5.74) is 4.70. The van der Waals surface area contributed by atoms with E-state index in [4.69, 9.17) is 4.42 Å². The van der Waals surface area contributed by atoms with Crippen LogP contribution in [-0.2, 0) is 0 Å². The molecule has 0 radical (unpaired) electrons. The smallest absolute Gasteiger partial charge is 0.344 e. The summed E-state index contributed by atoms with van der Waals surface area (Å²) >= 11 is 0. The van der Waals surface area contributed by atoms with Crippen molar-refractivity contribution >= 4 is 22.2 Å². The minimum Gasteiger partial charge on any atom is -0.422 e. The lowest BCUT2D eigenvalue weighted by Crippen LogP contribution is -2.31. The molecular formula is C23H24N4O2. The second kappa shape index (κ2) is 6.74. The fourth-order valence-corrected chi connectivity index (χ4v) is 4.16. The fourth-order valence-electron chi connectivity index (χ4n) is 4.16. The summed E-state index contributed by atoms with van der Waals surface area (Å²) in [7, 11) is 4.25. The lowest BCUT2D eigenvalue weighted by Gasteiger charge is -2.22. The maximum atomic E-state index is 12.7. The number of benzene rings is 1. The van der Waals surface area contributed by atoms with E-state index in [0.29, 0.717) is 17.2 Å². The molecule has 1 atom stereocenters. The molecule has 4 aromatic rings. The minimum absolute atomic E-state index is 0.317. The molecule has 1 aliphatic rings. The first-order chi connectivity index (χ1) is 14.0. The summed E-state index contributed by atoms with van der Waals surface area (Å²) in [6, 6.07) is 10.6. The number of fused-ring (bicyclic) bond motifs is 2. The van der Waals surface area contributed by atoms with Gasteiger partial charge in [0, 0.05) is 54.2 Å². The number of anilines is 1. The van der Waals surface area contributed by atoms with E-state index in [1.165, 1.54) is 0 Å². The van der Waals surface area contributed by atoms with Crippen molar-refractivity contribution in [2.45, 2.75) is 19.4 Å². The van der Waals surface area contributed by atoms with Crippen LogP contribution < -0.4 is 10.5 Å². The van der Waals surface area contributed by atoms with Crippen LogP contribution in [0.25, 0.3) is 27.6 Å². The molecule has 0 bridgehead atoms. The van der Waals surface area contributed by atoms with E-state index in [1.807, 2.05) is 54.2 Å². The zero-order valence-electron chi connectivity index (χ0n) is 16.9. The number of hydrogen-bond acceptors (Lipinski definition) is 5. The first-order valence-electron chi connectivity index (χ1n) is 9.92. The molecule has 1 saturated heterocycles. The Labute approximate surface area is 169 Å². The summed E-state index contributed by atoms with van der Waals surface area (Å²) in [5.74, 6) is 0. The first kappa shape index (κ1) is 17.9. The van der Waals surface area contributed by atoms with Crippen LogP contribution in [-0.4, -0.2) is 47.5 Å². The SMILES string of the molecule is Cc1cn2cc(-c3cc4ccc(N5CC[C@H](N(C)C)C5)cc4oc3=O)cc2cn1. The van der Waals surface area contributed by atoms with Crippen LogP contribution in [0.2, 0.25) is 0 Å². The average molecular weight is 388 g/mol.